The summed E-state index contributed by atoms with van der Waals surface area (Å²) in [6.07, 6.45) is 7.16. The zero-order chi connectivity index (χ0) is 25.4. The standard InChI is InChI=1S/C28H27BrN4O3/c1-17-13-21(18(2)32(17)23-10-6-9-20(14-23)28(35)36)16-30-33-26(19-7-4-3-5-8-19)31-25-12-11-22(29)15-24(25)27(33)34/h6,9-16,19H,3-5,7-8H2,1-2H3,(H,35,36). The van der Waals surface area contributed by atoms with Crippen molar-refractivity contribution >= 4 is 39.0 Å². The Hall–Kier alpha value is -3.52. The molecule has 0 bridgehead atoms. The molecule has 0 amide bonds. The van der Waals surface area contributed by atoms with Gasteiger partial charge in [0.2, 0.25) is 0 Å². The Balaban J connectivity index is 1.61. The van der Waals surface area contributed by atoms with E-state index in [-0.39, 0.29) is 17.0 Å². The SMILES string of the molecule is Cc1cc(C=Nn2c(C3CCCCC3)nc3ccc(Br)cc3c2=O)c(C)n1-c1cccc(C(=O)O)c1. The second-order valence-corrected chi connectivity index (χ2v) is 10.3. The lowest BCUT2D eigenvalue weighted by Crippen LogP contribution is -2.25. The van der Waals surface area contributed by atoms with Crippen LogP contribution in [0.4, 0.5) is 0 Å². The highest BCUT2D eigenvalue weighted by molar-refractivity contribution is 9.10. The van der Waals surface area contributed by atoms with E-state index in [4.69, 9.17) is 4.98 Å². The van der Waals surface area contributed by atoms with Crippen LogP contribution in [0.2, 0.25) is 0 Å². The fraction of sp³-hybridized carbons (Fsp3) is 0.286. The van der Waals surface area contributed by atoms with Crippen molar-refractivity contribution in [3.05, 3.63) is 91.7 Å². The van der Waals surface area contributed by atoms with Crippen molar-refractivity contribution in [1.29, 1.82) is 0 Å². The van der Waals surface area contributed by atoms with Gasteiger partial charge >= 0.3 is 5.97 Å². The molecule has 0 saturated heterocycles. The van der Waals surface area contributed by atoms with Crippen LogP contribution < -0.4 is 5.56 Å². The lowest BCUT2D eigenvalue weighted by atomic mass is 9.88. The van der Waals surface area contributed by atoms with Gasteiger partial charge in [0, 0.05) is 33.0 Å². The molecule has 2 aromatic heterocycles. The Morgan fingerprint density at radius 2 is 1.89 bits per heavy atom. The lowest BCUT2D eigenvalue weighted by molar-refractivity contribution is 0.0697. The van der Waals surface area contributed by atoms with Crippen molar-refractivity contribution in [3.8, 4) is 5.69 Å². The first-order valence-corrected chi connectivity index (χ1v) is 12.9. The first-order valence-electron chi connectivity index (χ1n) is 12.1. The molecule has 5 rings (SSSR count). The molecule has 0 aliphatic heterocycles. The monoisotopic (exact) mass is 546 g/mol. The third-order valence-corrected chi connectivity index (χ3v) is 7.43. The maximum atomic E-state index is 13.6. The van der Waals surface area contributed by atoms with Gasteiger partial charge in [-0.25, -0.2) is 9.78 Å². The minimum absolute atomic E-state index is 0.180. The number of aromatic nitrogens is 3. The molecule has 1 saturated carbocycles. The molecule has 1 aliphatic carbocycles. The van der Waals surface area contributed by atoms with E-state index in [0.717, 1.165) is 52.8 Å². The van der Waals surface area contributed by atoms with E-state index in [9.17, 15) is 14.7 Å². The van der Waals surface area contributed by atoms with Crippen LogP contribution in [0.15, 0.2) is 62.9 Å². The Bertz CT molecular complexity index is 1560. The first-order chi connectivity index (χ1) is 17.3. The van der Waals surface area contributed by atoms with Crippen molar-refractivity contribution in [2.45, 2.75) is 51.9 Å². The quantitative estimate of drug-likeness (QED) is 0.302. The van der Waals surface area contributed by atoms with E-state index in [1.54, 1.807) is 30.5 Å². The van der Waals surface area contributed by atoms with Gasteiger partial charge in [-0.05, 0) is 69.2 Å². The second-order valence-electron chi connectivity index (χ2n) is 9.35. The molecule has 0 atom stereocenters. The summed E-state index contributed by atoms with van der Waals surface area (Å²) < 4.78 is 4.29. The van der Waals surface area contributed by atoms with E-state index in [1.807, 2.05) is 42.7 Å². The molecule has 184 valence electrons. The fourth-order valence-electron chi connectivity index (χ4n) is 5.12. The molecule has 0 radical (unpaired) electrons. The normalized spacial score (nSPS) is 14.6. The molecule has 1 aliphatic rings. The molecule has 7 nitrogen and oxygen atoms in total. The maximum Gasteiger partial charge on any atom is 0.335 e. The van der Waals surface area contributed by atoms with E-state index < -0.39 is 5.97 Å². The number of fused-ring (bicyclic) bond motifs is 1. The van der Waals surface area contributed by atoms with Gasteiger partial charge in [0.15, 0.2) is 0 Å². The number of carboxylic acids is 1. The van der Waals surface area contributed by atoms with Gasteiger partial charge in [0.05, 0.1) is 22.7 Å². The zero-order valence-corrected chi connectivity index (χ0v) is 21.8. The van der Waals surface area contributed by atoms with Crippen molar-refractivity contribution in [2.24, 2.45) is 5.10 Å². The topological polar surface area (TPSA) is 89.5 Å². The summed E-state index contributed by atoms with van der Waals surface area (Å²) in [5.41, 5.74) is 4.20. The van der Waals surface area contributed by atoms with Gasteiger partial charge in [-0.15, -0.1) is 0 Å². The molecule has 2 aromatic carbocycles. The van der Waals surface area contributed by atoms with Crippen LogP contribution in [0, 0.1) is 13.8 Å². The largest absolute Gasteiger partial charge is 0.478 e. The Labute approximate surface area is 217 Å². The highest BCUT2D eigenvalue weighted by Crippen LogP contribution is 2.32. The van der Waals surface area contributed by atoms with Gasteiger partial charge in [-0.2, -0.15) is 9.78 Å². The van der Waals surface area contributed by atoms with Gasteiger partial charge in [0.25, 0.3) is 5.56 Å². The number of nitrogens with zero attached hydrogens (tertiary/aromatic N) is 4. The minimum Gasteiger partial charge on any atom is -0.478 e. The third-order valence-electron chi connectivity index (χ3n) is 6.94. The summed E-state index contributed by atoms with van der Waals surface area (Å²) in [6, 6.07) is 14.4. The molecule has 36 heavy (non-hydrogen) atoms. The fourth-order valence-corrected chi connectivity index (χ4v) is 5.48. The molecule has 1 N–H and O–H groups in total. The first kappa shape index (κ1) is 24.2. The molecular formula is C28H27BrN4O3. The zero-order valence-electron chi connectivity index (χ0n) is 20.2. The second kappa shape index (κ2) is 9.85. The van der Waals surface area contributed by atoms with Gasteiger partial charge in [0.1, 0.15) is 5.82 Å². The average Bonchev–Trinajstić information content (AvgIpc) is 3.16. The van der Waals surface area contributed by atoms with E-state index in [2.05, 4.69) is 21.0 Å². The van der Waals surface area contributed by atoms with E-state index in [1.165, 1.54) is 11.1 Å². The van der Waals surface area contributed by atoms with Crippen LogP contribution in [0.1, 0.15) is 71.2 Å². The lowest BCUT2D eigenvalue weighted by Gasteiger charge is -2.22. The number of aryl methyl sites for hydroxylation is 1. The van der Waals surface area contributed by atoms with Crippen LogP contribution in [0.25, 0.3) is 16.6 Å². The molecule has 4 aromatic rings. The predicted octanol–water partition coefficient (Wildman–Crippen LogP) is 6.19. The Morgan fingerprint density at radius 3 is 2.64 bits per heavy atom. The summed E-state index contributed by atoms with van der Waals surface area (Å²) in [5, 5.41) is 14.6. The number of rotatable bonds is 5. The Morgan fingerprint density at radius 1 is 1.11 bits per heavy atom. The summed E-state index contributed by atoms with van der Waals surface area (Å²) in [4.78, 5) is 29.9. The van der Waals surface area contributed by atoms with Crippen molar-refractivity contribution < 1.29 is 9.90 Å². The van der Waals surface area contributed by atoms with Crippen LogP contribution in [-0.2, 0) is 0 Å². The van der Waals surface area contributed by atoms with Crippen molar-refractivity contribution in [1.82, 2.24) is 14.2 Å². The summed E-state index contributed by atoms with van der Waals surface area (Å²) in [7, 11) is 0. The van der Waals surface area contributed by atoms with Gasteiger partial charge in [-0.3, -0.25) is 4.79 Å². The average molecular weight is 547 g/mol. The van der Waals surface area contributed by atoms with E-state index in [0.29, 0.717) is 16.7 Å². The number of carbonyl (C=O) groups is 1. The number of benzene rings is 2. The Kier molecular flexibility index (Phi) is 6.62. The number of halogens is 1. The molecule has 0 unspecified atom stereocenters. The highest BCUT2D eigenvalue weighted by atomic mass is 79.9. The number of hydrogen-bond donors (Lipinski definition) is 1. The van der Waals surface area contributed by atoms with E-state index >= 15 is 0 Å². The maximum absolute atomic E-state index is 13.6. The smallest absolute Gasteiger partial charge is 0.335 e. The number of carboxylic acid groups (broad SMARTS) is 1. The molecule has 2 heterocycles. The third kappa shape index (κ3) is 4.53. The molecular weight excluding hydrogens is 520 g/mol. The van der Waals surface area contributed by atoms with Crippen LogP contribution in [-0.4, -0.2) is 31.5 Å². The van der Waals surface area contributed by atoms with Crippen molar-refractivity contribution in [3.63, 3.8) is 0 Å². The van der Waals surface area contributed by atoms with Crippen LogP contribution in [0.5, 0.6) is 0 Å². The molecule has 0 spiro atoms. The minimum atomic E-state index is -0.967. The molecule has 1 fully saturated rings. The number of hydrogen-bond acceptors (Lipinski definition) is 4. The van der Waals surface area contributed by atoms with Gasteiger partial charge < -0.3 is 9.67 Å². The van der Waals surface area contributed by atoms with Crippen LogP contribution in [0.3, 0.4) is 0 Å². The molecule has 8 heteroatoms. The highest BCUT2D eigenvalue weighted by Gasteiger charge is 2.22. The summed E-state index contributed by atoms with van der Waals surface area (Å²) >= 11 is 3.46. The summed E-state index contributed by atoms with van der Waals surface area (Å²) in [5.74, 6) is -0.0530. The number of aromatic carboxylic acids is 1. The predicted molar refractivity (Wildman–Crippen MR) is 145 cm³/mol. The van der Waals surface area contributed by atoms with Gasteiger partial charge in [-0.1, -0.05) is 41.3 Å². The van der Waals surface area contributed by atoms with Crippen molar-refractivity contribution in [2.75, 3.05) is 0 Å². The summed E-state index contributed by atoms with van der Waals surface area (Å²) in [6.45, 7) is 3.93. The van der Waals surface area contributed by atoms with Crippen LogP contribution >= 0.6 is 15.9 Å².